The molecule has 2 atom stereocenters. The van der Waals surface area contributed by atoms with Gasteiger partial charge in [0.05, 0.1) is 4.90 Å². The van der Waals surface area contributed by atoms with Crippen LogP contribution in [0.2, 0.25) is 0 Å². The quantitative estimate of drug-likeness (QED) is 0.884. The van der Waals surface area contributed by atoms with Crippen LogP contribution in [0.1, 0.15) is 5.56 Å². The fourth-order valence-corrected chi connectivity index (χ4v) is 4.22. The molecule has 1 aromatic carbocycles. The van der Waals surface area contributed by atoms with Gasteiger partial charge in [0.1, 0.15) is 0 Å². The molecule has 0 bridgehead atoms. The third kappa shape index (κ3) is 2.99. The Labute approximate surface area is 127 Å². The molecule has 0 unspecified atom stereocenters. The minimum atomic E-state index is -3.32. The van der Waals surface area contributed by atoms with E-state index in [9.17, 15) is 8.42 Å². The number of nitrogens with one attached hydrogen (secondary N) is 1. The summed E-state index contributed by atoms with van der Waals surface area (Å²) in [5, 5.41) is 3.45. The van der Waals surface area contributed by atoms with Gasteiger partial charge in [-0.25, -0.2) is 12.7 Å². The van der Waals surface area contributed by atoms with E-state index in [1.54, 1.807) is 26.2 Å². The average molecular weight is 309 g/mol. The Morgan fingerprint density at radius 2 is 1.71 bits per heavy atom. The molecule has 3 rings (SSSR count). The van der Waals surface area contributed by atoms with Gasteiger partial charge >= 0.3 is 0 Å². The fraction of sp³-hybridized carbons (Fsp3) is 0.600. The molecular formula is C15H23N3O2S. The summed E-state index contributed by atoms with van der Waals surface area (Å²) in [6, 6.07) is 7.29. The van der Waals surface area contributed by atoms with Gasteiger partial charge in [-0.2, -0.15) is 0 Å². The standard InChI is InChI=1S/C15H23N3O2S/c1-17(2)21(19,20)15-5-3-12(4-6-15)9-18-10-13-7-16-8-14(13)11-18/h3-6,13-14,16H,7-11H2,1-2H3/t13-,14+. The molecule has 5 nitrogen and oxygen atoms in total. The van der Waals surface area contributed by atoms with Crippen molar-refractivity contribution in [3.05, 3.63) is 29.8 Å². The highest BCUT2D eigenvalue weighted by Crippen LogP contribution is 2.27. The molecule has 0 aromatic heterocycles. The van der Waals surface area contributed by atoms with Gasteiger partial charge in [0, 0.05) is 33.7 Å². The summed E-state index contributed by atoms with van der Waals surface area (Å²) in [5.41, 5.74) is 1.18. The highest BCUT2D eigenvalue weighted by Gasteiger charge is 2.35. The number of fused-ring (bicyclic) bond motifs is 1. The number of likely N-dealkylation sites (tertiary alicyclic amines) is 1. The van der Waals surface area contributed by atoms with E-state index in [0.29, 0.717) is 4.90 Å². The Balaban J connectivity index is 1.65. The smallest absolute Gasteiger partial charge is 0.242 e. The Hall–Kier alpha value is -0.950. The van der Waals surface area contributed by atoms with Crippen LogP contribution < -0.4 is 5.32 Å². The van der Waals surface area contributed by atoms with Gasteiger partial charge < -0.3 is 5.32 Å². The van der Waals surface area contributed by atoms with Crippen molar-refractivity contribution < 1.29 is 8.42 Å². The first-order chi connectivity index (χ1) is 9.96. The normalized spacial score (nSPS) is 26.4. The van der Waals surface area contributed by atoms with Gasteiger partial charge in [-0.3, -0.25) is 4.90 Å². The molecule has 0 spiro atoms. The van der Waals surface area contributed by atoms with E-state index in [0.717, 1.165) is 44.6 Å². The van der Waals surface area contributed by atoms with Crippen LogP contribution >= 0.6 is 0 Å². The number of nitrogens with zero attached hydrogens (tertiary/aromatic N) is 2. The predicted molar refractivity (Wildman–Crippen MR) is 82.4 cm³/mol. The lowest BCUT2D eigenvalue weighted by Gasteiger charge is -2.17. The van der Waals surface area contributed by atoms with Gasteiger partial charge in [0.25, 0.3) is 0 Å². The molecule has 2 aliphatic rings. The van der Waals surface area contributed by atoms with Crippen LogP contribution in [0.4, 0.5) is 0 Å². The molecule has 1 N–H and O–H groups in total. The van der Waals surface area contributed by atoms with Gasteiger partial charge in [-0.1, -0.05) is 12.1 Å². The van der Waals surface area contributed by atoms with E-state index >= 15 is 0 Å². The number of benzene rings is 1. The van der Waals surface area contributed by atoms with Crippen LogP contribution in [0.25, 0.3) is 0 Å². The Morgan fingerprint density at radius 3 is 2.24 bits per heavy atom. The maximum atomic E-state index is 12.0. The highest BCUT2D eigenvalue weighted by atomic mass is 32.2. The summed E-state index contributed by atoms with van der Waals surface area (Å²) in [7, 11) is -0.210. The predicted octanol–water partition coefficient (Wildman–Crippen LogP) is 0.588. The van der Waals surface area contributed by atoms with Crippen molar-refractivity contribution in [3.8, 4) is 0 Å². The maximum absolute atomic E-state index is 12.0. The van der Waals surface area contributed by atoms with Crippen LogP contribution in [0.15, 0.2) is 29.2 Å². The molecule has 116 valence electrons. The first-order valence-corrected chi connectivity index (χ1v) is 8.85. The molecule has 21 heavy (non-hydrogen) atoms. The van der Waals surface area contributed by atoms with Crippen LogP contribution in [-0.4, -0.2) is 57.9 Å². The average Bonchev–Trinajstić information content (AvgIpc) is 3.00. The molecule has 0 amide bonds. The van der Waals surface area contributed by atoms with Gasteiger partial charge in [0.2, 0.25) is 10.0 Å². The zero-order valence-corrected chi connectivity index (χ0v) is 13.4. The molecular weight excluding hydrogens is 286 g/mol. The van der Waals surface area contributed by atoms with Crippen molar-refractivity contribution in [1.29, 1.82) is 0 Å². The summed E-state index contributed by atoms with van der Waals surface area (Å²) >= 11 is 0. The summed E-state index contributed by atoms with van der Waals surface area (Å²) in [4.78, 5) is 2.84. The second-order valence-electron chi connectivity index (χ2n) is 6.30. The SMILES string of the molecule is CN(C)S(=O)(=O)c1ccc(CN2C[C@H]3CNC[C@H]3C2)cc1. The largest absolute Gasteiger partial charge is 0.316 e. The fourth-order valence-electron chi connectivity index (χ4n) is 3.32. The second-order valence-corrected chi connectivity index (χ2v) is 8.46. The van der Waals surface area contributed by atoms with E-state index < -0.39 is 10.0 Å². The molecule has 2 heterocycles. The monoisotopic (exact) mass is 309 g/mol. The van der Waals surface area contributed by atoms with Crippen molar-refractivity contribution in [3.63, 3.8) is 0 Å². The Bertz CT molecular complexity index is 586. The summed E-state index contributed by atoms with van der Waals surface area (Å²) in [6.45, 7) is 5.49. The zero-order valence-electron chi connectivity index (χ0n) is 12.6. The molecule has 0 aliphatic carbocycles. The number of rotatable bonds is 4. The molecule has 2 saturated heterocycles. The third-order valence-electron chi connectivity index (χ3n) is 4.57. The van der Waals surface area contributed by atoms with Crippen molar-refractivity contribution in [2.75, 3.05) is 40.3 Å². The molecule has 0 radical (unpaired) electrons. The first kappa shape index (κ1) is 15.0. The molecule has 1 aromatic rings. The Morgan fingerprint density at radius 1 is 1.14 bits per heavy atom. The lowest BCUT2D eigenvalue weighted by atomic mass is 10.0. The van der Waals surface area contributed by atoms with Gasteiger partial charge in [-0.15, -0.1) is 0 Å². The topological polar surface area (TPSA) is 52.7 Å². The van der Waals surface area contributed by atoms with E-state index in [-0.39, 0.29) is 0 Å². The second kappa shape index (κ2) is 5.68. The van der Waals surface area contributed by atoms with Crippen LogP contribution in [0.3, 0.4) is 0 Å². The Kier molecular flexibility index (Phi) is 4.05. The van der Waals surface area contributed by atoms with Crippen molar-refractivity contribution in [2.45, 2.75) is 11.4 Å². The van der Waals surface area contributed by atoms with E-state index in [2.05, 4.69) is 10.2 Å². The summed E-state index contributed by atoms with van der Waals surface area (Å²) < 4.78 is 25.3. The molecule has 0 saturated carbocycles. The number of hydrogen-bond acceptors (Lipinski definition) is 4. The summed E-state index contributed by atoms with van der Waals surface area (Å²) in [5.74, 6) is 1.58. The van der Waals surface area contributed by atoms with Crippen molar-refractivity contribution >= 4 is 10.0 Å². The zero-order chi connectivity index (χ0) is 15.0. The van der Waals surface area contributed by atoms with Crippen LogP contribution in [0, 0.1) is 11.8 Å². The van der Waals surface area contributed by atoms with E-state index in [1.807, 2.05) is 12.1 Å². The minimum Gasteiger partial charge on any atom is -0.316 e. The van der Waals surface area contributed by atoms with Crippen LogP contribution in [-0.2, 0) is 16.6 Å². The van der Waals surface area contributed by atoms with Crippen LogP contribution in [0.5, 0.6) is 0 Å². The summed E-state index contributed by atoms with van der Waals surface area (Å²) in [6.07, 6.45) is 0. The van der Waals surface area contributed by atoms with Crippen molar-refractivity contribution in [2.24, 2.45) is 11.8 Å². The molecule has 6 heteroatoms. The van der Waals surface area contributed by atoms with E-state index in [1.165, 1.54) is 9.87 Å². The number of sulfonamides is 1. The van der Waals surface area contributed by atoms with E-state index in [4.69, 9.17) is 0 Å². The maximum Gasteiger partial charge on any atom is 0.242 e. The van der Waals surface area contributed by atoms with Gasteiger partial charge in [0.15, 0.2) is 0 Å². The number of hydrogen-bond donors (Lipinski definition) is 1. The lowest BCUT2D eigenvalue weighted by molar-refractivity contribution is 0.305. The van der Waals surface area contributed by atoms with Crippen molar-refractivity contribution in [1.82, 2.24) is 14.5 Å². The highest BCUT2D eigenvalue weighted by molar-refractivity contribution is 7.89. The first-order valence-electron chi connectivity index (χ1n) is 7.41. The lowest BCUT2D eigenvalue weighted by Crippen LogP contribution is -2.25. The minimum absolute atomic E-state index is 0.360. The molecule has 2 aliphatic heterocycles. The third-order valence-corrected chi connectivity index (χ3v) is 6.40. The van der Waals surface area contributed by atoms with Gasteiger partial charge in [-0.05, 0) is 42.6 Å². The molecule has 2 fully saturated rings.